The zero-order valence-electron chi connectivity index (χ0n) is 21.6. The lowest BCUT2D eigenvalue weighted by Crippen LogP contribution is -2.50. The van der Waals surface area contributed by atoms with Gasteiger partial charge in [0.25, 0.3) is 0 Å². The molecule has 2 aliphatic rings. The van der Waals surface area contributed by atoms with E-state index in [0.717, 1.165) is 25.2 Å². The van der Waals surface area contributed by atoms with Gasteiger partial charge in [0.1, 0.15) is 5.60 Å². The van der Waals surface area contributed by atoms with Crippen LogP contribution in [0, 0.1) is 29.6 Å². The van der Waals surface area contributed by atoms with E-state index in [1.54, 1.807) is 13.8 Å². The highest BCUT2D eigenvalue weighted by Gasteiger charge is 2.43. The van der Waals surface area contributed by atoms with E-state index >= 15 is 0 Å². The minimum atomic E-state index is -1.21. The van der Waals surface area contributed by atoms with Crippen LogP contribution in [-0.2, 0) is 9.47 Å². The van der Waals surface area contributed by atoms with Crippen LogP contribution in [0.2, 0.25) is 0 Å². The molecule has 0 aromatic carbocycles. The summed E-state index contributed by atoms with van der Waals surface area (Å²) in [6.07, 6.45) is 7.37. The van der Waals surface area contributed by atoms with Gasteiger partial charge in [-0.15, -0.1) is 0 Å². The van der Waals surface area contributed by atoms with Crippen LogP contribution in [0.5, 0.6) is 0 Å². The molecule has 0 heterocycles. The molecule has 0 amide bonds. The summed E-state index contributed by atoms with van der Waals surface area (Å²) in [6.45, 7) is 17.2. The molecule has 0 saturated heterocycles. The van der Waals surface area contributed by atoms with E-state index in [2.05, 4.69) is 41.5 Å². The summed E-state index contributed by atoms with van der Waals surface area (Å²) in [5.74, 6) is 3.11. The molecule has 0 bridgehead atoms. The van der Waals surface area contributed by atoms with Gasteiger partial charge in [0.05, 0.1) is 24.9 Å². The first kappa shape index (κ1) is 28.8. The summed E-state index contributed by atoms with van der Waals surface area (Å²) >= 11 is 0. The molecule has 2 aliphatic carbocycles. The smallest absolute Gasteiger partial charge is 0.183 e. The van der Waals surface area contributed by atoms with Gasteiger partial charge in [-0.1, -0.05) is 67.2 Å². The van der Waals surface area contributed by atoms with Crippen molar-refractivity contribution in [1.82, 2.24) is 0 Å². The maximum atomic E-state index is 9.97. The van der Waals surface area contributed by atoms with Gasteiger partial charge in [0.15, 0.2) is 6.29 Å². The van der Waals surface area contributed by atoms with Crippen molar-refractivity contribution >= 4 is 0 Å². The van der Waals surface area contributed by atoms with Crippen LogP contribution < -0.4 is 0 Å². The Bertz CT molecular complexity index is 487. The Morgan fingerprint density at radius 2 is 1.68 bits per heavy atom. The Morgan fingerprint density at radius 3 is 2.16 bits per heavy atom. The first-order chi connectivity index (χ1) is 14.3. The van der Waals surface area contributed by atoms with Crippen LogP contribution >= 0.6 is 0 Å². The largest absolute Gasteiger partial charge is 0.394 e. The van der Waals surface area contributed by atoms with Crippen LogP contribution in [0.4, 0.5) is 0 Å². The molecule has 5 heteroatoms. The van der Waals surface area contributed by atoms with Crippen LogP contribution in [0.25, 0.3) is 0 Å². The van der Waals surface area contributed by atoms with Gasteiger partial charge in [0, 0.05) is 0 Å². The van der Waals surface area contributed by atoms with Gasteiger partial charge in [-0.2, -0.15) is 0 Å². The number of aliphatic hydroxyl groups is 3. The Kier molecular flexibility index (Phi) is 12.0. The zero-order valence-corrected chi connectivity index (χ0v) is 21.6. The molecule has 2 fully saturated rings. The summed E-state index contributed by atoms with van der Waals surface area (Å²) in [5.41, 5.74) is -1.49. The highest BCUT2D eigenvalue weighted by Crippen LogP contribution is 2.42. The van der Waals surface area contributed by atoms with Crippen molar-refractivity contribution in [1.29, 1.82) is 0 Å². The molecule has 0 aliphatic heterocycles. The molecule has 0 aromatic heterocycles. The second-order valence-corrected chi connectivity index (χ2v) is 11.4. The summed E-state index contributed by atoms with van der Waals surface area (Å²) < 4.78 is 11.6. The highest BCUT2D eigenvalue weighted by atomic mass is 16.6. The number of rotatable bonds is 8. The maximum Gasteiger partial charge on any atom is 0.183 e. The molecule has 31 heavy (non-hydrogen) atoms. The van der Waals surface area contributed by atoms with E-state index in [9.17, 15) is 10.2 Å². The lowest BCUT2D eigenvalue weighted by atomic mass is 9.72. The van der Waals surface area contributed by atoms with E-state index in [0.29, 0.717) is 36.4 Å². The van der Waals surface area contributed by atoms with E-state index in [1.807, 2.05) is 0 Å². The maximum absolute atomic E-state index is 9.97. The van der Waals surface area contributed by atoms with Gasteiger partial charge in [-0.25, -0.2) is 0 Å². The predicted molar refractivity (Wildman–Crippen MR) is 127 cm³/mol. The Morgan fingerprint density at radius 1 is 1.03 bits per heavy atom. The molecule has 2 saturated carbocycles. The van der Waals surface area contributed by atoms with E-state index < -0.39 is 11.9 Å². The highest BCUT2D eigenvalue weighted by molar-refractivity contribution is 4.91. The molecule has 2 rings (SSSR count). The fourth-order valence-electron chi connectivity index (χ4n) is 5.55. The van der Waals surface area contributed by atoms with Crippen molar-refractivity contribution < 1.29 is 24.8 Å². The second-order valence-electron chi connectivity index (χ2n) is 11.4. The third kappa shape index (κ3) is 8.92. The van der Waals surface area contributed by atoms with Gasteiger partial charge in [-0.3, -0.25) is 0 Å². The molecule has 186 valence electrons. The quantitative estimate of drug-likeness (QED) is 0.451. The molecule has 6 unspecified atom stereocenters. The van der Waals surface area contributed by atoms with Crippen molar-refractivity contribution in [3.05, 3.63) is 0 Å². The molecule has 0 spiro atoms. The number of ether oxygens (including phenoxy) is 2. The van der Waals surface area contributed by atoms with Gasteiger partial charge in [-0.05, 0) is 62.7 Å². The number of hydrogen-bond donors (Lipinski definition) is 3. The average molecular weight is 445 g/mol. The normalized spacial score (nSPS) is 33.2. The fraction of sp³-hybridized carbons (Fsp3) is 1.00. The fourth-order valence-corrected chi connectivity index (χ4v) is 5.55. The minimum Gasteiger partial charge on any atom is -0.394 e. The molecule has 5 nitrogen and oxygen atoms in total. The molecule has 6 atom stereocenters. The lowest BCUT2D eigenvalue weighted by Gasteiger charge is -2.45. The van der Waals surface area contributed by atoms with Crippen molar-refractivity contribution in [3.8, 4) is 0 Å². The summed E-state index contributed by atoms with van der Waals surface area (Å²) in [7, 11) is 0. The van der Waals surface area contributed by atoms with E-state index in [1.165, 1.54) is 25.7 Å². The Balaban J connectivity index is 0.000000316. The zero-order chi connectivity index (χ0) is 23.8. The summed E-state index contributed by atoms with van der Waals surface area (Å²) in [6, 6.07) is 0. The summed E-state index contributed by atoms with van der Waals surface area (Å²) in [4.78, 5) is 0. The Labute approximate surface area is 191 Å². The predicted octanol–water partition coefficient (Wildman–Crippen LogP) is 5.15. The molecule has 3 N–H and O–H groups in total. The van der Waals surface area contributed by atoms with Gasteiger partial charge >= 0.3 is 0 Å². The monoisotopic (exact) mass is 444 g/mol. The first-order valence-corrected chi connectivity index (χ1v) is 12.6. The SMILES string of the molecule is CC(C)C1C(C)CCCC1OCCO.CC1CCCC(OC(O)C(C)(C)O)(C(C)C)C1. The third-order valence-corrected chi connectivity index (χ3v) is 7.42. The summed E-state index contributed by atoms with van der Waals surface area (Å²) in [5, 5.41) is 28.5. The standard InChI is InChI=1S/C14H28O3.C12H24O2/c1-10(2)14(8-6-7-11(3)9-14)17-12(15)13(4,5)16;1-9(2)12-10(3)5-4-6-11(12)14-8-7-13/h10-12,15-16H,6-9H2,1-5H3;9-13H,4-8H2,1-3H3. The Hall–Kier alpha value is -0.200. The van der Waals surface area contributed by atoms with Crippen molar-refractivity contribution in [2.45, 2.75) is 124 Å². The van der Waals surface area contributed by atoms with Crippen LogP contribution in [0.15, 0.2) is 0 Å². The lowest BCUT2D eigenvalue weighted by molar-refractivity contribution is -0.272. The van der Waals surface area contributed by atoms with E-state index in [4.69, 9.17) is 14.6 Å². The molecule has 0 aromatic rings. The van der Waals surface area contributed by atoms with Crippen LogP contribution in [0.3, 0.4) is 0 Å². The van der Waals surface area contributed by atoms with E-state index in [-0.39, 0.29) is 12.2 Å². The van der Waals surface area contributed by atoms with Crippen molar-refractivity contribution in [2.24, 2.45) is 29.6 Å². The molecule has 0 radical (unpaired) electrons. The minimum absolute atomic E-state index is 0.149. The number of hydrogen-bond acceptors (Lipinski definition) is 5. The van der Waals surface area contributed by atoms with Gasteiger partial charge in [0.2, 0.25) is 0 Å². The van der Waals surface area contributed by atoms with Crippen LogP contribution in [-0.4, -0.2) is 52.1 Å². The van der Waals surface area contributed by atoms with Gasteiger partial charge < -0.3 is 24.8 Å². The molecular formula is C26H52O5. The van der Waals surface area contributed by atoms with Crippen LogP contribution in [0.1, 0.15) is 100 Å². The third-order valence-electron chi connectivity index (χ3n) is 7.42. The molecular weight excluding hydrogens is 392 g/mol. The van der Waals surface area contributed by atoms with Crippen molar-refractivity contribution in [2.75, 3.05) is 13.2 Å². The first-order valence-electron chi connectivity index (χ1n) is 12.6. The number of aliphatic hydroxyl groups excluding tert-OH is 2. The van der Waals surface area contributed by atoms with Crippen molar-refractivity contribution in [3.63, 3.8) is 0 Å². The topological polar surface area (TPSA) is 79.2 Å². The average Bonchev–Trinajstić information content (AvgIpc) is 2.65. The second kappa shape index (κ2) is 12.9.